The number of ether oxygens (including phenoxy) is 1. The topological polar surface area (TPSA) is 26.3 Å². The third-order valence-corrected chi connectivity index (χ3v) is 4.08. The van der Waals surface area contributed by atoms with Gasteiger partial charge in [-0.25, -0.2) is 0 Å². The molecule has 0 aliphatic heterocycles. The van der Waals surface area contributed by atoms with Crippen LogP contribution in [0.2, 0.25) is 0 Å². The molecule has 0 aromatic heterocycles. The number of carbonyl (C=O) groups is 1. The number of aldehydes is 1. The van der Waals surface area contributed by atoms with Gasteiger partial charge < -0.3 is 9.53 Å². The molecule has 1 fully saturated rings. The third kappa shape index (κ3) is 1.60. The molecule has 0 N–H and O–H groups in total. The van der Waals surface area contributed by atoms with Gasteiger partial charge in [0.05, 0.1) is 5.60 Å². The monoisotopic (exact) mass is 198 g/mol. The molecule has 2 nitrogen and oxygen atoms in total. The maximum absolute atomic E-state index is 11.0. The van der Waals surface area contributed by atoms with Crippen molar-refractivity contribution in [2.45, 2.75) is 45.6 Å². The van der Waals surface area contributed by atoms with Crippen LogP contribution in [-0.2, 0) is 9.53 Å². The first-order chi connectivity index (χ1) is 6.59. The Morgan fingerprint density at radius 1 is 1.36 bits per heavy atom. The zero-order valence-electron chi connectivity index (χ0n) is 9.75. The Labute approximate surface area is 87.0 Å². The number of rotatable bonds is 3. The van der Waals surface area contributed by atoms with Gasteiger partial charge in [-0.15, -0.1) is 0 Å². The van der Waals surface area contributed by atoms with Crippen molar-refractivity contribution in [2.24, 2.45) is 17.8 Å². The summed E-state index contributed by atoms with van der Waals surface area (Å²) in [4.78, 5) is 11.0. The molecular weight excluding hydrogens is 176 g/mol. The number of hydrogen-bond donors (Lipinski definition) is 0. The van der Waals surface area contributed by atoms with Gasteiger partial charge in [-0.3, -0.25) is 0 Å². The van der Waals surface area contributed by atoms with E-state index in [1.807, 2.05) is 6.92 Å². The van der Waals surface area contributed by atoms with Crippen molar-refractivity contribution >= 4 is 6.29 Å². The molecule has 0 bridgehead atoms. The number of methoxy groups -OCH3 is 1. The number of hydrogen-bond acceptors (Lipinski definition) is 2. The van der Waals surface area contributed by atoms with Crippen molar-refractivity contribution in [1.29, 1.82) is 0 Å². The molecule has 0 saturated heterocycles. The second kappa shape index (κ2) is 4.43. The fraction of sp³-hybridized carbons (Fsp3) is 0.917. The van der Waals surface area contributed by atoms with E-state index in [-0.39, 0.29) is 11.5 Å². The molecule has 1 aliphatic carbocycles. The lowest BCUT2D eigenvalue weighted by Gasteiger charge is -2.48. The first-order valence-electron chi connectivity index (χ1n) is 5.60. The van der Waals surface area contributed by atoms with Gasteiger partial charge in [-0.05, 0) is 24.7 Å². The minimum atomic E-state index is -0.222. The molecule has 2 heteroatoms. The summed E-state index contributed by atoms with van der Waals surface area (Å²) in [5, 5.41) is 0. The second-order valence-electron chi connectivity index (χ2n) is 4.72. The summed E-state index contributed by atoms with van der Waals surface area (Å²) in [5.74, 6) is 0.964. The summed E-state index contributed by atoms with van der Waals surface area (Å²) in [6.45, 7) is 6.40. The van der Waals surface area contributed by atoms with Gasteiger partial charge in [0.15, 0.2) is 0 Å². The Kier molecular flexibility index (Phi) is 3.71. The fourth-order valence-corrected chi connectivity index (χ4v) is 3.26. The summed E-state index contributed by atoms with van der Waals surface area (Å²) in [7, 11) is 1.75. The molecule has 0 radical (unpaired) electrons. The Morgan fingerprint density at radius 3 is 2.21 bits per heavy atom. The van der Waals surface area contributed by atoms with E-state index in [4.69, 9.17) is 4.74 Å². The van der Waals surface area contributed by atoms with Crippen molar-refractivity contribution in [2.75, 3.05) is 7.11 Å². The lowest BCUT2D eigenvalue weighted by molar-refractivity contribution is -0.155. The highest BCUT2D eigenvalue weighted by molar-refractivity contribution is 5.55. The van der Waals surface area contributed by atoms with Gasteiger partial charge in [0, 0.05) is 13.0 Å². The molecule has 3 unspecified atom stereocenters. The average Bonchev–Trinajstić information content (AvgIpc) is 2.18. The lowest BCUT2D eigenvalue weighted by Crippen LogP contribution is -2.52. The van der Waals surface area contributed by atoms with Gasteiger partial charge in [0.25, 0.3) is 0 Å². The highest BCUT2D eigenvalue weighted by atomic mass is 16.5. The molecule has 0 spiro atoms. The first kappa shape index (κ1) is 11.7. The molecule has 0 aromatic carbocycles. The predicted octanol–water partition coefficient (Wildman–Crippen LogP) is 2.66. The Morgan fingerprint density at radius 2 is 1.86 bits per heavy atom. The van der Waals surface area contributed by atoms with Crippen LogP contribution in [-0.4, -0.2) is 19.0 Å². The van der Waals surface area contributed by atoms with Crippen LogP contribution < -0.4 is 0 Å². The maximum Gasteiger partial charge on any atom is 0.125 e. The summed E-state index contributed by atoms with van der Waals surface area (Å²) in [6.07, 6.45) is 4.66. The van der Waals surface area contributed by atoms with Crippen molar-refractivity contribution in [1.82, 2.24) is 0 Å². The van der Waals surface area contributed by atoms with Crippen LogP contribution in [0.15, 0.2) is 0 Å². The highest BCUT2D eigenvalue weighted by Gasteiger charge is 2.47. The molecule has 1 rings (SSSR count). The van der Waals surface area contributed by atoms with E-state index < -0.39 is 0 Å². The molecular formula is C12H22O2. The predicted molar refractivity (Wildman–Crippen MR) is 57.1 cm³/mol. The molecule has 0 aromatic rings. The van der Waals surface area contributed by atoms with Gasteiger partial charge in [0.1, 0.15) is 6.29 Å². The normalized spacial score (nSPS) is 40.6. The minimum Gasteiger partial charge on any atom is -0.377 e. The van der Waals surface area contributed by atoms with Crippen molar-refractivity contribution in [3.8, 4) is 0 Å². The second-order valence-corrected chi connectivity index (χ2v) is 4.72. The van der Waals surface area contributed by atoms with Crippen molar-refractivity contribution in [3.05, 3.63) is 0 Å². The van der Waals surface area contributed by atoms with Gasteiger partial charge in [-0.2, -0.15) is 0 Å². The maximum atomic E-state index is 11.0. The zero-order valence-corrected chi connectivity index (χ0v) is 9.75. The van der Waals surface area contributed by atoms with Gasteiger partial charge in [-0.1, -0.05) is 27.2 Å². The van der Waals surface area contributed by atoms with Crippen LogP contribution in [0, 0.1) is 17.8 Å². The average molecular weight is 198 g/mol. The van der Waals surface area contributed by atoms with E-state index >= 15 is 0 Å². The molecule has 1 saturated carbocycles. The lowest BCUT2D eigenvalue weighted by atomic mass is 9.64. The van der Waals surface area contributed by atoms with Crippen LogP contribution in [0.4, 0.5) is 0 Å². The summed E-state index contributed by atoms with van der Waals surface area (Å²) in [6, 6.07) is 0. The van der Waals surface area contributed by atoms with Crippen molar-refractivity contribution in [3.63, 3.8) is 0 Å². The van der Waals surface area contributed by atoms with Crippen LogP contribution in [0.25, 0.3) is 0 Å². The Hall–Kier alpha value is -0.370. The molecule has 82 valence electrons. The quantitative estimate of drug-likeness (QED) is 0.652. The van der Waals surface area contributed by atoms with Crippen LogP contribution in [0.3, 0.4) is 0 Å². The van der Waals surface area contributed by atoms with Crippen LogP contribution in [0.5, 0.6) is 0 Å². The molecule has 1 aliphatic rings. The zero-order chi connectivity index (χ0) is 10.8. The Bertz CT molecular complexity index is 190. The summed E-state index contributed by atoms with van der Waals surface area (Å²) < 4.78 is 5.72. The molecule has 14 heavy (non-hydrogen) atoms. The molecule has 3 atom stereocenters. The van der Waals surface area contributed by atoms with E-state index in [2.05, 4.69) is 13.8 Å². The first-order valence-corrected chi connectivity index (χ1v) is 5.60. The number of carbonyl (C=O) groups excluding carboxylic acids is 1. The SMILES string of the molecule is COC1(C(C)C=O)C(C)CCCC1C. The van der Waals surface area contributed by atoms with Crippen molar-refractivity contribution < 1.29 is 9.53 Å². The summed E-state index contributed by atoms with van der Waals surface area (Å²) >= 11 is 0. The van der Waals surface area contributed by atoms with Crippen LogP contribution in [0.1, 0.15) is 40.0 Å². The standard InChI is InChI=1S/C12H22O2/c1-9-6-5-7-10(2)12(9,14-4)11(3)8-13/h8-11H,5-7H2,1-4H3. The molecule has 0 amide bonds. The van der Waals surface area contributed by atoms with E-state index in [1.54, 1.807) is 7.11 Å². The van der Waals surface area contributed by atoms with Crippen LogP contribution >= 0.6 is 0 Å². The molecule has 0 heterocycles. The smallest absolute Gasteiger partial charge is 0.125 e. The van der Waals surface area contributed by atoms with Gasteiger partial charge >= 0.3 is 0 Å². The van der Waals surface area contributed by atoms with E-state index in [0.717, 1.165) is 6.29 Å². The minimum absolute atomic E-state index is 0.00204. The van der Waals surface area contributed by atoms with E-state index in [0.29, 0.717) is 11.8 Å². The van der Waals surface area contributed by atoms with Gasteiger partial charge in [0.2, 0.25) is 0 Å². The van der Waals surface area contributed by atoms with E-state index in [1.165, 1.54) is 19.3 Å². The fourth-order valence-electron chi connectivity index (χ4n) is 3.26. The Balaban J connectivity index is 2.96. The highest BCUT2D eigenvalue weighted by Crippen LogP contribution is 2.44. The van der Waals surface area contributed by atoms with E-state index in [9.17, 15) is 4.79 Å². The third-order valence-electron chi connectivity index (χ3n) is 4.08. The largest absolute Gasteiger partial charge is 0.377 e. The summed E-state index contributed by atoms with van der Waals surface area (Å²) in [5.41, 5.74) is -0.222.